The van der Waals surface area contributed by atoms with Crippen LogP contribution in [-0.2, 0) is 28.7 Å². The molecule has 0 aromatic heterocycles. The van der Waals surface area contributed by atoms with Crippen LogP contribution in [0.3, 0.4) is 0 Å². The molecule has 0 amide bonds. The fourth-order valence-corrected chi connectivity index (χ4v) is 8.27. The molecule has 10 unspecified atom stereocenters. The fourth-order valence-electron chi connectivity index (χ4n) is 8.27. The number of cyclic esters (lactones) is 4. The Kier molecular flexibility index (Phi) is 3.21. The normalized spacial score (nSPS) is 47.6. The van der Waals surface area contributed by atoms with Crippen molar-refractivity contribution >= 4 is 23.9 Å². The van der Waals surface area contributed by atoms with Crippen LogP contribution in [0.1, 0.15) is 48.6 Å². The van der Waals surface area contributed by atoms with Gasteiger partial charge in [0.1, 0.15) is 0 Å². The predicted molar refractivity (Wildman–Crippen MR) is 101 cm³/mol. The van der Waals surface area contributed by atoms with E-state index in [0.717, 1.165) is 25.7 Å². The van der Waals surface area contributed by atoms with E-state index in [9.17, 15) is 19.2 Å². The second-order valence-electron chi connectivity index (χ2n) is 10.3. The van der Waals surface area contributed by atoms with Crippen LogP contribution in [0.2, 0.25) is 0 Å². The Labute approximate surface area is 173 Å². The molecule has 0 N–H and O–H groups in total. The van der Waals surface area contributed by atoms with Crippen molar-refractivity contribution in [2.24, 2.45) is 47.3 Å². The highest BCUT2D eigenvalue weighted by Gasteiger charge is 2.64. The number of benzene rings is 1. The summed E-state index contributed by atoms with van der Waals surface area (Å²) >= 11 is 0. The van der Waals surface area contributed by atoms with Crippen LogP contribution in [-0.4, -0.2) is 23.9 Å². The van der Waals surface area contributed by atoms with Crippen LogP contribution in [0.15, 0.2) is 24.3 Å². The van der Waals surface area contributed by atoms with Gasteiger partial charge in [-0.1, -0.05) is 24.3 Å². The Morgan fingerprint density at radius 2 is 0.900 bits per heavy atom. The quantitative estimate of drug-likeness (QED) is 0.554. The topological polar surface area (TPSA) is 86.7 Å². The van der Waals surface area contributed by atoms with Gasteiger partial charge in [-0.15, -0.1) is 0 Å². The molecule has 154 valence electrons. The number of hydrogen-bond acceptors (Lipinski definition) is 6. The summed E-state index contributed by atoms with van der Waals surface area (Å²) in [6.07, 6.45) is 3.77. The van der Waals surface area contributed by atoms with Gasteiger partial charge < -0.3 is 9.47 Å². The van der Waals surface area contributed by atoms with Gasteiger partial charge in [-0.2, -0.15) is 0 Å². The Morgan fingerprint density at radius 1 is 0.533 bits per heavy atom. The molecular formula is C24H22O6. The zero-order chi connectivity index (χ0) is 20.3. The molecule has 6 fully saturated rings. The number of fused-ring (bicyclic) bond motifs is 10. The third-order valence-electron chi connectivity index (χ3n) is 9.29. The summed E-state index contributed by atoms with van der Waals surface area (Å²) in [5.41, 5.74) is 2.46. The number of ether oxygens (including phenoxy) is 2. The van der Waals surface area contributed by atoms with Crippen LogP contribution < -0.4 is 0 Å². The van der Waals surface area contributed by atoms with E-state index in [1.807, 2.05) is 0 Å². The highest BCUT2D eigenvalue weighted by atomic mass is 16.6. The molecule has 1 aromatic rings. The number of esters is 4. The standard InChI is InChI=1S/C24H22O6/c25-21-17-11-5-13(15(7-11)19(17)23(27)29-21)9-1-2-10(4-3-9)14-6-12-8-16(14)20-18(12)22(26)30-24(20)28/h1-4,11-20H,5-8H2. The summed E-state index contributed by atoms with van der Waals surface area (Å²) in [5, 5.41) is 0. The van der Waals surface area contributed by atoms with Gasteiger partial charge in [0, 0.05) is 0 Å². The Bertz CT molecular complexity index is 930. The van der Waals surface area contributed by atoms with Gasteiger partial charge >= 0.3 is 23.9 Å². The number of hydrogen-bond donors (Lipinski definition) is 0. The average molecular weight is 406 g/mol. The zero-order valence-corrected chi connectivity index (χ0v) is 16.4. The van der Waals surface area contributed by atoms with Gasteiger partial charge in [-0.25, -0.2) is 0 Å². The molecule has 1 aromatic carbocycles. The minimum atomic E-state index is -0.326. The monoisotopic (exact) mass is 406 g/mol. The van der Waals surface area contributed by atoms with E-state index in [-0.39, 0.29) is 71.2 Å². The van der Waals surface area contributed by atoms with Crippen LogP contribution in [0.4, 0.5) is 0 Å². The first kappa shape index (κ1) is 17.2. The maximum Gasteiger partial charge on any atom is 0.317 e. The lowest BCUT2D eigenvalue weighted by Gasteiger charge is -2.30. The summed E-state index contributed by atoms with van der Waals surface area (Å²) in [4.78, 5) is 48.3. The van der Waals surface area contributed by atoms with Crippen molar-refractivity contribution in [2.75, 3.05) is 0 Å². The molecule has 4 saturated carbocycles. The minimum absolute atomic E-state index is 0.201. The van der Waals surface area contributed by atoms with Crippen molar-refractivity contribution in [3.63, 3.8) is 0 Å². The molecule has 0 radical (unpaired) electrons. The lowest BCUT2D eigenvalue weighted by molar-refractivity contribution is -0.156. The van der Waals surface area contributed by atoms with Gasteiger partial charge in [0.2, 0.25) is 0 Å². The summed E-state index contributed by atoms with van der Waals surface area (Å²) < 4.78 is 9.84. The number of carbonyl (C=O) groups is 4. The van der Waals surface area contributed by atoms with Gasteiger partial charge in [0.15, 0.2) is 0 Å². The fraction of sp³-hybridized carbons (Fsp3) is 0.583. The van der Waals surface area contributed by atoms with Gasteiger partial charge in [-0.3, -0.25) is 19.2 Å². The van der Waals surface area contributed by atoms with Crippen molar-refractivity contribution in [1.82, 2.24) is 0 Å². The van der Waals surface area contributed by atoms with E-state index in [2.05, 4.69) is 24.3 Å². The molecule has 4 aliphatic carbocycles. The zero-order valence-electron chi connectivity index (χ0n) is 16.4. The molecule has 30 heavy (non-hydrogen) atoms. The SMILES string of the molecule is O=C1OC(=O)C2C3CC(CC3c3ccc(C4CC5CC4C4C(=O)OC(=O)C54)cc3)C12. The lowest BCUT2D eigenvalue weighted by Crippen LogP contribution is -2.29. The molecule has 2 saturated heterocycles. The Morgan fingerprint density at radius 3 is 1.30 bits per heavy atom. The van der Waals surface area contributed by atoms with Crippen molar-refractivity contribution in [3.8, 4) is 0 Å². The molecule has 0 spiro atoms. The van der Waals surface area contributed by atoms with E-state index >= 15 is 0 Å². The lowest BCUT2D eigenvalue weighted by atomic mass is 9.71. The van der Waals surface area contributed by atoms with Crippen molar-refractivity contribution in [3.05, 3.63) is 35.4 Å². The molecule has 4 bridgehead atoms. The molecule has 6 nitrogen and oxygen atoms in total. The van der Waals surface area contributed by atoms with Crippen molar-refractivity contribution < 1.29 is 28.7 Å². The second-order valence-corrected chi connectivity index (χ2v) is 10.3. The third kappa shape index (κ3) is 2.00. The molecular weight excluding hydrogens is 384 g/mol. The predicted octanol–water partition coefficient (Wildman–Crippen LogP) is 2.57. The van der Waals surface area contributed by atoms with E-state index in [1.54, 1.807) is 0 Å². The Balaban J connectivity index is 1.13. The van der Waals surface area contributed by atoms with Crippen molar-refractivity contribution in [2.45, 2.75) is 37.5 Å². The molecule has 2 heterocycles. The van der Waals surface area contributed by atoms with Crippen LogP contribution >= 0.6 is 0 Å². The smallest absolute Gasteiger partial charge is 0.317 e. The maximum atomic E-state index is 12.2. The van der Waals surface area contributed by atoms with Crippen LogP contribution in [0.25, 0.3) is 0 Å². The minimum Gasteiger partial charge on any atom is -0.393 e. The first-order valence-corrected chi connectivity index (χ1v) is 11.1. The van der Waals surface area contributed by atoms with E-state index in [0.29, 0.717) is 11.8 Å². The van der Waals surface area contributed by atoms with E-state index in [1.165, 1.54) is 11.1 Å². The summed E-state index contributed by atoms with van der Waals surface area (Å²) in [7, 11) is 0. The third-order valence-corrected chi connectivity index (χ3v) is 9.29. The molecule has 6 heteroatoms. The van der Waals surface area contributed by atoms with E-state index < -0.39 is 0 Å². The Hall–Kier alpha value is -2.50. The summed E-state index contributed by atoms with van der Waals surface area (Å²) in [5.74, 6) is -0.692. The van der Waals surface area contributed by atoms with Gasteiger partial charge in [0.05, 0.1) is 23.7 Å². The van der Waals surface area contributed by atoms with Gasteiger partial charge in [-0.05, 0) is 72.3 Å². The van der Waals surface area contributed by atoms with Crippen LogP contribution in [0.5, 0.6) is 0 Å². The van der Waals surface area contributed by atoms with Gasteiger partial charge in [0.25, 0.3) is 0 Å². The highest BCUT2D eigenvalue weighted by molar-refractivity contribution is 5.98. The first-order valence-electron chi connectivity index (χ1n) is 11.1. The summed E-state index contributed by atoms with van der Waals surface area (Å²) in [6, 6.07) is 8.66. The molecule has 6 aliphatic rings. The van der Waals surface area contributed by atoms with Crippen molar-refractivity contribution in [1.29, 1.82) is 0 Å². The first-order chi connectivity index (χ1) is 14.5. The second kappa shape index (κ2) is 5.59. The molecule has 10 atom stereocenters. The largest absolute Gasteiger partial charge is 0.393 e. The van der Waals surface area contributed by atoms with Crippen LogP contribution in [0, 0.1) is 47.3 Å². The molecule has 7 rings (SSSR count). The maximum absolute atomic E-state index is 12.2. The average Bonchev–Trinajstić information content (AvgIpc) is 3.54. The van der Waals surface area contributed by atoms with E-state index in [4.69, 9.17) is 9.47 Å². The number of rotatable bonds is 2. The molecule has 2 aliphatic heterocycles. The highest BCUT2D eigenvalue weighted by Crippen LogP contribution is 2.63. The number of carbonyl (C=O) groups excluding carboxylic acids is 4. The summed E-state index contributed by atoms with van der Waals surface area (Å²) in [6.45, 7) is 0.